The molecule has 1 rings (SSSR count). The van der Waals surface area contributed by atoms with Crippen molar-refractivity contribution in [3.05, 3.63) is 29.3 Å². The van der Waals surface area contributed by atoms with Gasteiger partial charge < -0.3 is 18.8 Å². The number of nitrogens with one attached hydrogen (secondary N) is 1. The molecule has 0 spiro atoms. The Morgan fingerprint density at radius 3 is 2.35 bits per heavy atom. The van der Waals surface area contributed by atoms with Crippen molar-refractivity contribution < 1.29 is 23.1 Å². The molecule has 0 amide bonds. The molecule has 1 heterocycles. The molecule has 0 aliphatic rings. The molecule has 0 bridgehead atoms. The van der Waals surface area contributed by atoms with E-state index in [1.165, 1.54) is 6.08 Å². The first kappa shape index (κ1) is 16.7. The Kier molecular flexibility index (Phi) is 6.71. The van der Waals surface area contributed by atoms with E-state index in [9.17, 15) is 9.36 Å². The zero-order valence-corrected chi connectivity index (χ0v) is 12.8. The van der Waals surface area contributed by atoms with Crippen molar-refractivity contribution in [2.75, 3.05) is 19.8 Å². The predicted octanol–water partition coefficient (Wildman–Crippen LogP) is 3.18. The molecule has 1 aromatic heterocycles. The number of hydrogen-bond acceptors (Lipinski definition) is 5. The minimum Gasteiger partial charge on any atom is -0.462 e. The number of aromatic nitrogens is 1. The van der Waals surface area contributed by atoms with E-state index in [0.717, 1.165) is 0 Å². The molecule has 6 nitrogen and oxygen atoms in total. The number of carbonyl (C=O) groups is 1. The van der Waals surface area contributed by atoms with E-state index in [1.54, 1.807) is 39.1 Å². The Labute approximate surface area is 118 Å². The van der Waals surface area contributed by atoms with Crippen molar-refractivity contribution >= 4 is 19.6 Å². The Hall–Kier alpha value is -1.36. The number of ether oxygens (including phenoxy) is 1. The molecule has 20 heavy (non-hydrogen) atoms. The highest BCUT2D eigenvalue weighted by molar-refractivity contribution is 7.60. The van der Waals surface area contributed by atoms with Crippen LogP contribution in [0.5, 0.6) is 0 Å². The molecule has 0 unspecified atom stereocenters. The van der Waals surface area contributed by atoms with E-state index in [2.05, 4.69) is 4.98 Å². The first-order valence-corrected chi connectivity index (χ1v) is 8.03. The fourth-order valence-corrected chi connectivity index (χ4v) is 3.17. The van der Waals surface area contributed by atoms with Gasteiger partial charge in [0.25, 0.3) is 0 Å². The summed E-state index contributed by atoms with van der Waals surface area (Å²) in [5, 5.41) is -0.106. The van der Waals surface area contributed by atoms with E-state index >= 15 is 0 Å². The first-order chi connectivity index (χ1) is 9.57. The van der Waals surface area contributed by atoms with Gasteiger partial charge in [0.1, 0.15) is 0 Å². The van der Waals surface area contributed by atoms with Crippen molar-refractivity contribution in [1.29, 1.82) is 0 Å². The van der Waals surface area contributed by atoms with Crippen molar-refractivity contribution in [3.8, 4) is 0 Å². The van der Waals surface area contributed by atoms with Gasteiger partial charge in [-0.1, -0.05) is 0 Å². The predicted molar refractivity (Wildman–Crippen MR) is 76.3 cm³/mol. The standard InChI is InChI=1S/C13H20NO5P/c1-4-17-13(15)12(10-11-8-7-9-14-11)20(16,18-5-2)19-6-3/h7-10,14H,4-6H2,1-3H3/b12-10+. The number of rotatable bonds is 8. The summed E-state index contributed by atoms with van der Waals surface area (Å²) in [5.41, 5.74) is 0.618. The van der Waals surface area contributed by atoms with Crippen molar-refractivity contribution in [2.45, 2.75) is 20.8 Å². The average Bonchev–Trinajstić information content (AvgIpc) is 2.89. The first-order valence-electron chi connectivity index (χ1n) is 6.49. The minimum absolute atomic E-state index is 0.106. The van der Waals surface area contributed by atoms with E-state index < -0.39 is 13.6 Å². The van der Waals surface area contributed by atoms with E-state index in [0.29, 0.717) is 5.69 Å². The molecule has 0 saturated heterocycles. The van der Waals surface area contributed by atoms with Gasteiger partial charge in [0.05, 0.1) is 19.8 Å². The van der Waals surface area contributed by atoms with Crippen LogP contribution in [0.1, 0.15) is 26.5 Å². The Morgan fingerprint density at radius 1 is 1.25 bits per heavy atom. The lowest BCUT2D eigenvalue weighted by molar-refractivity contribution is -0.137. The summed E-state index contributed by atoms with van der Waals surface area (Å²) < 4.78 is 28.1. The third-order valence-electron chi connectivity index (χ3n) is 2.29. The number of aromatic amines is 1. The zero-order valence-electron chi connectivity index (χ0n) is 11.9. The molecule has 0 aromatic carbocycles. The van der Waals surface area contributed by atoms with E-state index in [1.807, 2.05) is 0 Å². The number of hydrogen-bond donors (Lipinski definition) is 1. The van der Waals surface area contributed by atoms with Gasteiger partial charge in [-0.2, -0.15) is 0 Å². The van der Waals surface area contributed by atoms with Gasteiger partial charge in [-0.15, -0.1) is 0 Å². The highest BCUT2D eigenvalue weighted by Gasteiger charge is 2.36. The van der Waals surface area contributed by atoms with Gasteiger partial charge in [0, 0.05) is 11.9 Å². The van der Waals surface area contributed by atoms with Gasteiger partial charge in [0.15, 0.2) is 5.31 Å². The van der Waals surface area contributed by atoms with E-state index in [-0.39, 0.29) is 25.1 Å². The molecule has 1 N–H and O–H groups in total. The van der Waals surface area contributed by atoms with Crippen molar-refractivity contribution in [2.24, 2.45) is 0 Å². The van der Waals surface area contributed by atoms with Crippen LogP contribution in [0.3, 0.4) is 0 Å². The van der Waals surface area contributed by atoms with Crippen LogP contribution in [0.2, 0.25) is 0 Å². The highest BCUT2D eigenvalue weighted by atomic mass is 31.2. The van der Waals surface area contributed by atoms with E-state index in [4.69, 9.17) is 13.8 Å². The summed E-state index contributed by atoms with van der Waals surface area (Å²) in [4.78, 5) is 14.9. The second-order valence-electron chi connectivity index (χ2n) is 3.71. The third-order valence-corrected chi connectivity index (χ3v) is 4.39. The Bertz CT molecular complexity index is 485. The number of esters is 1. The Morgan fingerprint density at radius 2 is 1.90 bits per heavy atom. The maximum atomic E-state index is 12.7. The number of H-pyrrole nitrogens is 1. The normalized spacial score (nSPS) is 12.4. The lowest BCUT2D eigenvalue weighted by Gasteiger charge is -2.18. The molecule has 0 fully saturated rings. The van der Waals surface area contributed by atoms with Gasteiger partial charge in [0.2, 0.25) is 0 Å². The van der Waals surface area contributed by atoms with Crippen LogP contribution in [0.25, 0.3) is 6.08 Å². The molecule has 7 heteroatoms. The van der Waals surface area contributed by atoms with Crippen molar-refractivity contribution in [3.63, 3.8) is 0 Å². The minimum atomic E-state index is -3.69. The van der Waals surface area contributed by atoms with Crippen LogP contribution in [-0.2, 0) is 23.1 Å². The second-order valence-corrected chi connectivity index (χ2v) is 5.70. The molecule has 0 saturated carbocycles. The van der Waals surface area contributed by atoms with Crippen LogP contribution < -0.4 is 0 Å². The van der Waals surface area contributed by atoms with Gasteiger partial charge in [-0.05, 0) is 39.0 Å². The fourth-order valence-electron chi connectivity index (χ4n) is 1.55. The molecule has 0 atom stereocenters. The maximum absolute atomic E-state index is 12.7. The van der Waals surface area contributed by atoms with Crippen LogP contribution in [0.4, 0.5) is 0 Å². The molecule has 112 valence electrons. The summed E-state index contributed by atoms with van der Waals surface area (Å²) >= 11 is 0. The monoisotopic (exact) mass is 301 g/mol. The largest absolute Gasteiger partial charge is 0.462 e. The SMILES string of the molecule is CCOC(=O)/C(=C\c1ccc[nH]1)P(=O)(OCC)OCC. The lowest BCUT2D eigenvalue weighted by Crippen LogP contribution is -2.11. The molecular formula is C13H20NO5P. The summed E-state index contributed by atoms with van der Waals surface area (Å²) in [6.45, 7) is 5.55. The van der Waals surface area contributed by atoms with Gasteiger partial charge in [-0.3, -0.25) is 4.57 Å². The Balaban J connectivity index is 3.20. The molecule has 0 radical (unpaired) electrons. The number of carbonyl (C=O) groups excluding carboxylic acids is 1. The molecular weight excluding hydrogens is 281 g/mol. The van der Waals surface area contributed by atoms with Crippen LogP contribution in [-0.4, -0.2) is 30.8 Å². The second kappa shape index (κ2) is 8.04. The van der Waals surface area contributed by atoms with Crippen LogP contribution in [0.15, 0.2) is 23.6 Å². The summed E-state index contributed by atoms with van der Waals surface area (Å²) in [6, 6.07) is 3.50. The molecule has 0 aliphatic carbocycles. The topological polar surface area (TPSA) is 77.6 Å². The third kappa shape index (κ3) is 4.34. The van der Waals surface area contributed by atoms with Crippen LogP contribution in [0, 0.1) is 0 Å². The molecule has 0 aliphatic heterocycles. The fraction of sp³-hybridized carbons (Fsp3) is 0.462. The van der Waals surface area contributed by atoms with Crippen molar-refractivity contribution in [1.82, 2.24) is 4.98 Å². The molecule has 1 aromatic rings. The van der Waals surface area contributed by atoms with Gasteiger partial charge in [-0.25, -0.2) is 4.79 Å². The maximum Gasteiger partial charge on any atom is 0.368 e. The summed E-state index contributed by atoms with van der Waals surface area (Å²) in [6.07, 6.45) is 3.13. The summed E-state index contributed by atoms with van der Waals surface area (Å²) in [7, 11) is -3.69. The quantitative estimate of drug-likeness (QED) is 0.453. The zero-order chi connectivity index (χ0) is 15.0. The van der Waals surface area contributed by atoms with Crippen LogP contribution >= 0.6 is 7.60 Å². The summed E-state index contributed by atoms with van der Waals surface area (Å²) in [5.74, 6) is -0.702. The lowest BCUT2D eigenvalue weighted by atomic mass is 10.4. The highest BCUT2D eigenvalue weighted by Crippen LogP contribution is 2.56. The van der Waals surface area contributed by atoms with Gasteiger partial charge >= 0.3 is 13.6 Å². The average molecular weight is 301 g/mol. The smallest absolute Gasteiger partial charge is 0.368 e.